The number of rotatable bonds is 4. The highest BCUT2D eigenvalue weighted by Gasteiger charge is 2.13. The summed E-state index contributed by atoms with van der Waals surface area (Å²) >= 11 is 3.38. The third kappa shape index (κ3) is 3.35. The standard InChI is InChI=1S/C17H16BrN5O/c1-11-7-8-13(9-12(11)2)23-16(20-21-22-23)10-19-17(24)14-5-3-4-6-15(14)18/h3-9H,10H2,1-2H3,(H,19,24). The number of aryl methyl sites for hydroxylation is 2. The zero-order valence-electron chi connectivity index (χ0n) is 13.3. The van der Waals surface area contributed by atoms with E-state index in [-0.39, 0.29) is 12.5 Å². The Morgan fingerprint density at radius 3 is 2.71 bits per heavy atom. The molecule has 0 saturated carbocycles. The number of amides is 1. The van der Waals surface area contributed by atoms with Gasteiger partial charge in [-0.25, -0.2) is 0 Å². The van der Waals surface area contributed by atoms with Crippen LogP contribution in [0.1, 0.15) is 27.3 Å². The van der Waals surface area contributed by atoms with E-state index in [1.54, 1.807) is 10.7 Å². The first kappa shape index (κ1) is 16.3. The molecule has 1 aromatic heterocycles. The van der Waals surface area contributed by atoms with Crippen LogP contribution >= 0.6 is 15.9 Å². The smallest absolute Gasteiger partial charge is 0.252 e. The Bertz CT molecular complexity index is 890. The summed E-state index contributed by atoms with van der Waals surface area (Å²) in [6.07, 6.45) is 0. The molecule has 3 rings (SSSR count). The lowest BCUT2D eigenvalue weighted by Gasteiger charge is -2.09. The number of hydrogen-bond acceptors (Lipinski definition) is 4. The molecule has 1 amide bonds. The van der Waals surface area contributed by atoms with Crippen molar-refractivity contribution in [3.63, 3.8) is 0 Å². The van der Waals surface area contributed by atoms with Gasteiger partial charge in [-0.2, -0.15) is 4.68 Å². The average molecular weight is 386 g/mol. The Hall–Kier alpha value is -2.54. The van der Waals surface area contributed by atoms with Crippen molar-refractivity contribution in [3.8, 4) is 5.69 Å². The van der Waals surface area contributed by atoms with Gasteiger partial charge in [0.1, 0.15) is 0 Å². The Morgan fingerprint density at radius 1 is 1.17 bits per heavy atom. The maximum absolute atomic E-state index is 12.3. The summed E-state index contributed by atoms with van der Waals surface area (Å²) in [6, 6.07) is 13.3. The molecule has 0 aliphatic rings. The Labute approximate surface area is 148 Å². The lowest BCUT2D eigenvalue weighted by Crippen LogP contribution is -2.25. The molecular weight excluding hydrogens is 370 g/mol. The van der Waals surface area contributed by atoms with Crippen LogP contribution < -0.4 is 5.32 Å². The van der Waals surface area contributed by atoms with Crippen LogP contribution in [0, 0.1) is 13.8 Å². The maximum Gasteiger partial charge on any atom is 0.252 e. The summed E-state index contributed by atoms with van der Waals surface area (Å²) in [7, 11) is 0. The first-order valence-electron chi connectivity index (χ1n) is 7.44. The molecule has 0 spiro atoms. The monoisotopic (exact) mass is 385 g/mol. The zero-order valence-corrected chi connectivity index (χ0v) is 14.9. The predicted octanol–water partition coefficient (Wildman–Crippen LogP) is 2.97. The predicted molar refractivity (Wildman–Crippen MR) is 93.9 cm³/mol. The number of benzene rings is 2. The molecule has 2 aromatic carbocycles. The Balaban J connectivity index is 1.78. The minimum Gasteiger partial charge on any atom is -0.345 e. The van der Waals surface area contributed by atoms with Gasteiger partial charge in [-0.15, -0.1) is 5.10 Å². The summed E-state index contributed by atoms with van der Waals surface area (Å²) in [6.45, 7) is 4.33. The van der Waals surface area contributed by atoms with Gasteiger partial charge in [-0.05, 0) is 75.6 Å². The quantitative estimate of drug-likeness (QED) is 0.748. The molecule has 1 heterocycles. The van der Waals surface area contributed by atoms with Crippen molar-refractivity contribution >= 4 is 21.8 Å². The van der Waals surface area contributed by atoms with Crippen molar-refractivity contribution in [3.05, 3.63) is 69.5 Å². The molecule has 3 aromatic rings. The highest BCUT2D eigenvalue weighted by molar-refractivity contribution is 9.10. The van der Waals surface area contributed by atoms with Crippen LogP contribution in [0.2, 0.25) is 0 Å². The van der Waals surface area contributed by atoms with Crippen LogP contribution in [0.5, 0.6) is 0 Å². The van der Waals surface area contributed by atoms with E-state index >= 15 is 0 Å². The fourth-order valence-corrected chi connectivity index (χ4v) is 2.74. The molecule has 0 bridgehead atoms. The van der Waals surface area contributed by atoms with Crippen molar-refractivity contribution in [2.24, 2.45) is 0 Å². The summed E-state index contributed by atoms with van der Waals surface area (Å²) in [5.74, 6) is 0.385. The van der Waals surface area contributed by atoms with E-state index in [9.17, 15) is 4.79 Å². The fourth-order valence-electron chi connectivity index (χ4n) is 2.27. The van der Waals surface area contributed by atoms with Gasteiger partial charge in [-0.3, -0.25) is 4.79 Å². The van der Waals surface area contributed by atoms with E-state index in [0.29, 0.717) is 11.4 Å². The Kier molecular flexibility index (Phi) is 4.71. The summed E-state index contributed by atoms with van der Waals surface area (Å²) < 4.78 is 2.38. The molecule has 0 fully saturated rings. The van der Waals surface area contributed by atoms with Crippen LogP contribution in [-0.2, 0) is 6.54 Å². The van der Waals surface area contributed by atoms with E-state index in [4.69, 9.17) is 0 Å². The molecule has 0 radical (unpaired) electrons. The second-order valence-electron chi connectivity index (χ2n) is 5.44. The molecule has 122 valence electrons. The number of nitrogens with zero attached hydrogens (tertiary/aromatic N) is 4. The summed E-state index contributed by atoms with van der Waals surface area (Å²) in [4.78, 5) is 12.3. The van der Waals surface area contributed by atoms with Gasteiger partial charge < -0.3 is 5.32 Å². The third-order valence-corrected chi connectivity index (χ3v) is 4.49. The number of halogens is 1. The van der Waals surface area contributed by atoms with Gasteiger partial charge in [0, 0.05) is 4.47 Å². The van der Waals surface area contributed by atoms with Gasteiger partial charge in [0.25, 0.3) is 5.91 Å². The molecular formula is C17H16BrN5O. The van der Waals surface area contributed by atoms with E-state index in [0.717, 1.165) is 15.7 Å². The summed E-state index contributed by atoms with van der Waals surface area (Å²) in [5, 5.41) is 14.6. The van der Waals surface area contributed by atoms with E-state index in [1.165, 1.54) is 5.56 Å². The van der Waals surface area contributed by atoms with Gasteiger partial charge in [0.05, 0.1) is 17.8 Å². The second kappa shape index (κ2) is 6.92. The molecule has 0 saturated heterocycles. The number of tetrazole rings is 1. The fraction of sp³-hybridized carbons (Fsp3) is 0.176. The largest absolute Gasteiger partial charge is 0.345 e. The van der Waals surface area contributed by atoms with Crippen molar-refractivity contribution in [2.45, 2.75) is 20.4 Å². The molecule has 0 unspecified atom stereocenters. The number of nitrogens with one attached hydrogen (secondary N) is 1. The van der Waals surface area contributed by atoms with Crippen LogP contribution in [0.25, 0.3) is 5.69 Å². The van der Waals surface area contributed by atoms with Gasteiger partial charge in [0.15, 0.2) is 5.82 Å². The van der Waals surface area contributed by atoms with E-state index in [2.05, 4.69) is 43.7 Å². The van der Waals surface area contributed by atoms with Crippen LogP contribution in [0.3, 0.4) is 0 Å². The van der Waals surface area contributed by atoms with Crippen LogP contribution in [0.4, 0.5) is 0 Å². The minimum atomic E-state index is -0.183. The van der Waals surface area contributed by atoms with Crippen LogP contribution in [0.15, 0.2) is 46.9 Å². The number of carbonyl (C=O) groups excluding carboxylic acids is 1. The molecule has 6 nitrogen and oxygen atoms in total. The first-order valence-corrected chi connectivity index (χ1v) is 8.23. The minimum absolute atomic E-state index is 0.183. The molecule has 7 heteroatoms. The molecule has 0 aliphatic heterocycles. The maximum atomic E-state index is 12.3. The third-order valence-electron chi connectivity index (χ3n) is 3.79. The number of carbonyl (C=O) groups is 1. The highest BCUT2D eigenvalue weighted by Crippen LogP contribution is 2.16. The molecule has 0 aliphatic carbocycles. The number of hydrogen-bond donors (Lipinski definition) is 1. The van der Waals surface area contributed by atoms with E-state index in [1.807, 2.05) is 43.3 Å². The highest BCUT2D eigenvalue weighted by atomic mass is 79.9. The van der Waals surface area contributed by atoms with Crippen molar-refractivity contribution in [2.75, 3.05) is 0 Å². The first-order chi connectivity index (χ1) is 11.6. The topological polar surface area (TPSA) is 72.7 Å². The normalized spacial score (nSPS) is 10.6. The lowest BCUT2D eigenvalue weighted by atomic mass is 10.1. The van der Waals surface area contributed by atoms with Gasteiger partial charge >= 0.3 is 0 Å². The van der Waals surface area contributed by atoms with Gasteiger partial charge in [0.2, 0.25) is 0 Å². The molecule has 1 N–H and O–H groups in total. The van der Waals surface area contributed by atoms with Crippen molar-refractivity contribution in [1.29, 1.82) is 0 Å². The van der Waals surface area contributed by atoms with Crippen molar-refractivity contribution in [1.82, 2.24) is 25.5 Å². The molecule has 0 atom stereocenters. The summed E-state index contributed by atoms with van der Waals surface area (Å²) in [5.41, 5.74) is 3.80. The lowest BCUT2D eigenvalue weighted by molar-refractivity contribution is 0.0949. The van der Waals surface area contributed by atoms with E-state index < -0.39 is 0 Å². The SMILES string of the molecule is Cc1ccc(-n2nnnc2CNC(=O)c2ccccc2Br)cc1C. The van der Waals surface area contributed by atoms with Crippen molar-refractivity contribution < 1.29 is 4.79 Å². The average Bonchev–Trinajstić information content (AvgIpc) is 3.04. The molecule has 24 heavy (non-hydrogen) atoms. The van der Waals surface area contributed by atoms with Crippen LogP contribution in [-0.4, -0.2) is 26.1 Å². The Morgan fingerprint density at radius 2 is 1.96 bits per heavy atom. The zero-order chi connectivity index (χ0) is 17.1. The second-order valence-corrected chi connectivity index (χ2v) is 6.29. The van der Waals surface area contributed by atoms with Gasteiger partial charge in [-0.1, -0.05) is 18.2 Å². The number of aromatic nitrogens is 4.